The molecule has 0 aromatic heterocycles. The zero-order chi connectivity index (χ0) is 18.1. The number of amides is 1. The van der Waals surface area contributed by atoms with Gasteiger partial charge in [0.1, 0.15) is 11.2 Å². The van der Waals surface area contributed by atoms with Gasteiger partial charge in [0.25, 0.3) is 0 Å². The molecule has 0 saturated heterocycles. The van der Waals surface area contributed by atoms with Crippen molar-refractivity contribution in [2.75, 3.05) is 20.3 Å². The SMILES string of the molecule is COc1ccc(COC[C@@H](O)CNC(=O)C2(C#N)CCCCC2)cc1. The average molecular weight is 346 g/mol. The van der Waals surface area contributed by atoms with Crippen LogP contribution in [0.3, 0.4) is 0 Å². The molecule has 0 bridgehead atoms. The molecule has 1 fully saturated rings. The van der Waals surface area contributed by atoms with E-state index in [1.165, 1.54) is 0 Å². The molecule has 0 heterocycles. The largest absolute Gasteiger partial charge is 0.497 e. The van der Waals surface area contributed by atoms with Crippen LogP contribution in [0.4, 0.5) is 0 Å². The molecule has 136 valence electrons. The van der Waals surface area contributed by atoms with Crippen molar-refractivity contribution in [3.63, 3.8) is 0 Å². The van der Waals surface area contributed by atoms with E-state index in [0.717, 1.165) is 30.6 Å². The third kappa shape index (κ3) is 5.45. The van der Waals surface area contributed by atoms with Crippen LogP contribution >= 0.6 is 0 Å². The summed E-state index contributed by atoms with van der Waals surface area (Å²) in [6, 6.07) is 9.67. The molecule has 25 heavy (non-hydrogen) atoms. The number of nitriles is 1. The Balaban J connectivity index is 1.70. The van der Waals surface area contributed by atoms with Crippen LogP contribution in [0, 0.1) is 16.7 Å². The molecule has 2 rings (SSSR count). The van der Waals surface area contributed by atoms with Crippen molar-refractivity contribution < 1.29 is 19.4 Å². The molecular formula is C19H26N2O4. The van der Waals surface area contributed by atoms with Crippen LogP contribution in [0.25, 0.3) is 0 Å². The highest BCUT2D eigenvalue weighted by Gasteiger charge is 2.39. The van der Waals surface area contributed by atoms with E-state index >= 15 is 0 Å². The Labute approximate surface area is 148 Å². The van der Waals surface area contributed by atoms with Crippen LogP contribution in [0.1, 0.15) is 37.7 Å². The molecule has 6 heteroatoms. The van der Waals surface area contributed by atoms with Gasteiger partial charge in [-0.25, -0.2) is 0 Å². The molecule has 1 amide bonds. The van der Waals surface area contributed by atoms with Crippen LogP contribution in [0.15, 0.2) is 24.3 Å². The first-order valence-electron chi connectivity index (χ1n) is 8.68. The summed E-state index contributed by atoms with van der Waals surface area (Å²) < 4.78 is 10.6. The van der Waals surface area contributed by atoms with Gasteiger partial charge in [0, 0.05) is 6.54 Å². The van der Waals surface area contributed by atoms with Gasteiger partial charge in [-0.2, -0.15) is 5.26 Å². The van der Waals surface area contributed by atoms with E-state index < -0.39 is 11.5 Å². The first-order valence-corrected chi connectivity index (χ1v) is 8.68. The monoisotopic (exact) mass is 346 g/mol. The molecular weight excluding hydrogens is 320 g/mol. The topological polar surface area (TPSA) is 91.6 Å². The lowest BCUT2D eigenvalue weighted by Gasteiger charge is -2.29. The maximum Gasteiger partial charge on any atom is 0.240 e. The van der Waals surface area contributed by atoms with Gasteiger partial charge in [0.15, 0.2) is 0 Å². The van der Waals surface area contributed by atoms with Crippen molar-refractivity contribution in [2.45, 2.75) is 44.8 Å². The molecule has 0 spiro atoms. The highest BCUT2D eigenvalue weighted by Crippen LogP contribution is 2.35. The highest BCUT2D eigenvalue weighted by atomic mass is 16.5. The fourth-order valence-electron chi connectivity index (χ4n) is 3.02. The zero-order valence-corrected chi connectivity index (χ0v) is 14.7. The number of hydrogen-bond acceptors (Lipinski definition) is 5. The van der Waals surface area contributed by atoms with Crippen LogP contribution < -0.4 is 10.1 Å². The van der Waals surface area contributed by atoms with Crippen molar-refractivity contribution in [3.8, 4) is 11.8 Å². The van der Waals surface area contributed by atoms with E-state index in [1.807, 2.05) is 24.3 Å². The number of carbonyl (C=O) groups is 1. The van der Waals surface area contributed by atoms with Gasteiger partial charge in [0.2, 0.25) is 5.91 Å². The summed E-state index contributed by atoms with van der Waals surface area (Å²) in [5, 5.41) is 22.0. The van der Waals surface area contributed by atoms with Gasteiger partial charge in [-0.15, -0.1) is 0 Å². The smallest absolute Gasteiger partial charge is 0.240 e. The maximum atomic E-state index is 12.3. The van der Waals surface area contributed by atoms with Crippen molar-refractivity contribution in [1.29, 1.82) is 5.26 Å². The molecule has 1 aromatic carbocycles. The predicted molar refractivity (Wildman–Crippen MR) is 92.8 cm³/mol. The molecule has 1 aliphatic rings. The number of hydrogen-bond donors (Lipinski definition) is 2. The Hall–Kier alpha value is -2.10. The number of carbonyl (C=O) groups excluding carboxylic acids is 1. The molecule has 1 aliphatic carbocycles. The van der Waals surface area contributed by atoms with E-state index in [1.54, 1.807) is 7.11 Å². The lowest BCUT2D eigenvalue weighted by atomic mass is 9.74. The number of nitrogens with one attached hydrogen (secondary N) is 1. The lowest BCUT2D eigenvalue weighted by Crippen LogP contribution is -2.44. The minimum atomic E-state index is -0.929. The van der Waals surface area contributed by atoms with Crippen LogP contribution in [-0.4, -0.2) is 37.4 Å². The summed E-state index contributed by atoms with van der Waals surface area (Å²) in [4.78, 5) is 12.3. The highest BCUT2D eigenvalue weighted by molar-refractivity contribution is 5.85. The molecule has 1 aromatic rings. The van der Waals surface area contributed by atoms with Crippen molar-refractivity contribution >= 4 is 5.91 Å². The Morgan fingerprint density at radius 3 is 2.60 bits per heavy atom. The second-order valence-electron chi connectivity index (χ2n) is 6.48. The quantitative estimate of drug-likeness (QED) is 0.753. The molecule has 1 saturated carbocycles. The standard InChI is InChI=1S/C19H26N2O4/c1-24-17-7-5-15(6-8-17)12-25-13-16(22)11-21-18(23)19(14-20)9-3-2-4-10-19/h5-8,16,22H,2-4,9-13H2,1H3,(H,21,23)/t16-/m0/s1. The lowest BCUT2D eigenvalue weighted by molar-refractivity contribution is -0.130. The van der Waals surface area contributed by atoms with Gasteiger partial charge in [-0.05, 0) is 30.5 Å². The molecule has 6 nitrogen and oxygen atoms in total. The number of benzene rings is 1. The van der Waals surface area contributed by atoms with E-state index in [2.05, 4.69) is 11.4 Å². The molecule has 0 radical (unpaired) electrons. The summed E-state index contributed by atoms with van der Waals surface area (Å²) in [5.41, 5.74) is 0.0460. The van der Waals surface area contributed by atoms with E-state index in [4.69, 9.17) is 9.47 Å². The van der Waals surface area contributed by atoms with E-state index in [9.17, 15) is 15.2 Å². The number of rotatable bonds is 8. The second-order valence-corrected chi connectivity index (χ2v) is 6.48. The minimum absolute atomic E-state index is 0.0882. The number of methoxy groups -OCH3 is 1. The summed E-state index contributed by atoms with van der Waals surface area (Å²) in [6.07, 6.45) is 3.25. The van der Waals surface area contributed by atoms with Gasteiger partial charge in [-0.3, -0.25) is 4.79 Å². The first-order chi connectivity index (χ1) is 12.1. The van der Waals surface area contributed by atoms with Crippen molar-refractivity contribution in [2.24, 2.45) is 5.41 Å². The summed E-state index contributed by atoms with van der Waals surface area (Å²) in [5.74, 6) is 0.504. The summed E-state index contributed by atoms with van der Waals surface area (Å²) in [7, 11) is 1.61. The maximum absolute atomic E-state index is 12.3. The van der Waals surface area contributed by atoms with Gasteiger partial charge >= 0.3 is 0 Å². The van der Waals surface area contributed by atoms with E-state index in [0.29, 0.717) is 19.4 Å². The van der Waals surface area contributed by atoms with Gasteiger partial charge < -0.3 is 19.9 Å². The van der Waals surface area contributed by atoms with E-state index in [-0.39, 0.29) is 19.1 Å². The summed E-state index contributed by atoms with van der Waals surface area (Å²) in [6.45, 7) is 0.577. The fraction of sp³-hybridized carbons (Fsp3) is 0.579. The number of aliphatic hydroxyl groups excluding tert-OH is 1. The molecule has 1 atom stereocenters. The first kappa shape index (κ1) is 19.2. The second kappa shape index (κ2) is 9.40. The Bertz CT molecular complexity index is 588. The van der Waals surface area contributed by atoms with Gasteiger partial charge in [-0.1, -0.05) is 31.4 Å². The third-order valence-corrected chi connectivity index (χ3v) is 4.59. The Morgan fingerprint density at radius 1 is 1.32 bits per heavy atom. The molecule has 0 aliphatic heterocycles. The van der Waals surface area contributed by atoms with Crippen molar-refractivity contribution in [1.82, 2.24) is 5.32 Å². The third-order valence-electron chi connectivity index (χ3n) is 4.59. The minimum Gasteiger partial charge on any atom is -0.497 e. The average Bonchev–Trinajstić information content (AvgIpc) is 2.67. The number of ether oxygens (including phenoxy) is 2. The van der Waals surface area contributed by atoms with Crippen LogP contribution in [0.5, 0.6) is 5.75 Å². The Morgan fingerprint density at radius 2 is 2.00 bits per heavy atom. The molecule has 2 N–H and O–H groups in total. The van der Waals surface area contributed by atoms with Crippen LogP contribution in [-0.2, 0) is 16.1 Å². The van der Waals surface area contributed by atoms with Crippen LogP contribution in [0.2, 0.25) is 0 Å². The number of nitrogens with zero attached hydrogens (tertiary/aromatic N) is 1. The van der Waals surface area contributed by atoms with Crippen molar-refractivity contribution in [3.05, 3.63) is 29.8 Å². The number of aliphatic hydroxyl groups is 1. The normalized spacial score (nSPS) is 17.3. The zero-order valence-electron chi connectivity index (χ0n) is 14.7. The molecule has 0 unspecified atom stereocenters. The summed E-state index contributed by atoms with van der Waals surface area (Å²) >= 11 is 0. The Kier molecular flexibility index (Phi) is 7.23. The fourth-order valence-corrected chi connectivity index (χ4v) is 3.02. The van der Waals surface area contributed by atoms with Gasteiger partial charge in [0.05, 0.1) is 32.5 Å². The predicted octanol–water partition coefficient (Wildman–Crippen LogP) is 2.16.